The Balaban J connectivity index is 2.42. The Labute approximate surface area is 143 Å². The van der Waals surface area contributed by atoms with Crippen molar-refractivity contribution in [1.82, 2.24) is 0 Å². The number of alkyl halides is 1. The molecule has 8 heteroatoms. The van der Waals surface area contributed by atoms with Gasteiger partial charge in [0.1, 0.15) is 13.1 Å². The lowest BCUT2D eigenvalue weighted by molar-refractivity contribution is -0.575. The Kier molecular flexibility index (Phi) is 5.23. The van der Waals surface area contributed by atoms with Crippen molar-refractivity contribution in [3.63, 3.8) is 0 Å². The van der Waals surface area contributed by atoms with E-state index in [4.69, 9.17) is 17.3 Å². The molecule has 1 heterocycles. The number of nitrogens with two attached hydrogens (primary N) is 1. The summed E-state index contributed by atoms with van der Waals surface area (Å²) in [5, 5.41) is 6.27. The molecule has 5 nitrogen and oxygen atoms in total. The fraction of sp³-hybridized carbons (Fsp3) is 0.364. The molecule has 0 radical (unpaired) electrons. The van der Waals surface area contributed by atoms with E-state index < -0.39 is 5.91 Å². The quantitative estimate of drug-likeness (QED) is 0.388. The van der Waals surface area contributed by atoms with Crippen LogP contribution in [0.1, 0.15) is 10.4 Å². The van der Waals surface area contributed by atoms with Crippen LogP contribution in [-0.2, 0) is 0 Å². The number of carbonyl (C=O) groups is 1. The van der Waals surface area contributed by atoms with E-state index in [9.17, 15) is 4.79 Å². The van der Waals surface area contributed by atoms with Crippen LogP contribution in [0.4, 0.5) is 5.69 Å². The maximum atomic E-state index is 11.6. The molecule has 0 saturated carbocycles. The highest BCUT2D eigenvalue weighted by Crippen LogP contribution is 2.30. The predicted octanol–water partition coefficient (Wildman–Crippen LogP) is 2.43. The van der Waals surface area contributed by atoms with E-state index in [1.54, 1.807) is 6.07 Å². The van der Waals surface area contributed by atoms with Gasteiger partial charge in [0.25, 0.3) is 5.91 Å². The van der Waals surface area contributed by atoms with Crippen LogP contribution in [-0.4, -0.2) is 36.1 Å². The van der Waals surface area contributed by atoms with Crippen LogP contribution in [0.15, 0.2) is 17.4 Å². The SMILES string of the molecule is NC(=O)c1cc(I)cc(I)c1N1CC[N+](CCCl)=N1. The standard InChI is InChI=1S/C11H11ClI2N4O/c12-1-2-17-3-4-18(16-17)10-8(11(15)19)5-7(13)6-9(10)14/h5-6H,1-4H2,(H-,15,19)/p+1. The first kappa shape index (κ1) is 15.2. The lowest BCUT2D eigenvalue weighted by Crippen LogP contribution is -2.22. The second-order valence-electron chi connectivity index (χ2n) is 4.00. The van der Waals surface area contributed by atoms with Gasteiger partial charge in [-0.25, -0.2) is 0 Å². The molecule has 1 aromatic rings. The molecule has 102 valence electrons. The Morgan fingerprint density at radius 3 is 2.89 bits per heavy atom. The molecule has 0 unspecified atom stereocenters. The maximum Gasteiger partial charge on any atom is 0.253 e. The number of primary amides is 1. The van der Waals surface area contributed by atoms with E-state index in [0.717, 1.165) is 25.9 Å². The second-order valence-corrected chi connectivity index (χ2v) is 6.79. The summed E-state index contributed by atoms with van der Waals surface area (Å²) in [4.78, 5) is 11.6. The first-order chi connectivity index (χ1) is 9.02. The molecule has 0 bridgehead atoms. The summed E-state index contributed by atoms with van der Waals surface area (Å²) < 4.78 is 3.84. The third kappa shape index (κ3) is 3.48. The van der Waals surface area contributed by atoms with Gasteiger partial charge >= 0.3 is 0 Å². The van der Waals surface area contributed by atoms with Crippen molar-refractivity contribution in [3.05, 3.63) is 24.8 Å². The van der Waals surface area contributed by atoms with Gasteiger partial charge in [0.2, 0.25) is 0 Å². The molecular weight excluding hydrogens is 493 g/mol. The van der Waals surface area contributed by atoms with Gasteiger partial charge in [0, 0.05) is 3.57 Å². The molecular formula is C11H12ClI2N4O+. The highest BCUT2D eigenvalue weighted by Gasteiger charge is 2.29. The molecule has 1 aromatic carbocycles. The number of amides is 1. The van der Waals surface area contributed by atoms with Gasteiger partial charge in [-0.05, 0) is 57.3 Å². The number of hydrogen-bond donors (Lipinski definition) is 1. The largest absolute Gasteiger partial charge is 0.365 e. The van der Waals surface area contributed by atoms with Crippen LogP contribution < -0.4 is 10.7 Å². The van der Waals surface area contributed by atoms with Crippen molar-refractivity contribution in [2.24, 2.45) is 11.0 Å². The molecule has 1 aliphatic heterocycles. The monoisotopic (exact) mass is 505 g/mol. The lowest BCUT2D eigenvalue weighted by Gasteiger charge is -2.10. The van der Waals surface area contributed by atoms with E-state index in [2.05, 4.69) is 50.4 Å². The molecule has 0 fully saturated rings. The van der Waals surface area contributed by atoms with Gasteiger partial charge in [-0.2, -0.15) is 4.70 Å². The van der Waals surface area contributed by atoms with E-state index in [1.165, 1.54) is 0 Å². The zero-order valence-electron chi connectivity index (χ0n) is 9.94. The van der Waals surface area contributed by atoms with Crippen LogP contribution in [0.2, 0.25) is 0 Å². The molecule has 1 aliphatic rings. The van der Waals surface area contributed by atoms with Gasteiger partial charge in [-0.1, -0.05) is 0 Å². The lowest BCUT2D eigenvalue weighted by atomic mass is 10.1. The van der Waals surface area contributed by atoms with Gasteiger partial charge in [-0.15, -0.1) is 16.6 Å². The normalized spacial score (nSPS) is 14.7. The third-order valence-corrected chi connectivity index (χ3v) is 4.31. The van der Waals surface area contributed by atoms with Crippen molar-refractivity contribution < 1.29 is 9.49 Å². The molecule has 0 aromatic heterocycles. The molecule has 0 atom stereocenters. The maximum absolute atomic E-state index is 11.6. The number of benzene rings is 1. The minimum Gasteiger partial charge on any atom is -0.365 e. The molecule has 2 rings (SSSR count). The van der Waals surface area contributed by atoms with E-state index in [1.807, 2.05) is 15.8 Å². The highest BCUT2D eigenvalue weighted by atomic mass is 127. The Morgan fingerprint density at radius 2 is 2.26 bits per heavy atom. The van der Waals surface area contributed by atoms with Gasteiger partial charge in [0.05, 0.1) is 20.2 Å². The van der Waals surface area contributed by atoms with Gasteiger partial charge in [-0.3, -0.25) is 4.79 Å². The number of hydrogen-bond acceptors (Lipinski definition) is 3. The Morgan fingerprint density at radius 1 is 1.53 bits per heavy atom. The molecule has 19 heavy (non-hydrogen) atoms. The zero-order chi connectivity index (χ0) is 14.0. The Bertz CT molecular complexity index is 550. The smallest absolute Gasteiger partial charge is 0.253 e. The summed E-state index contributed by atoms with van der Waals surface area (Å²) >= 11 is 10.1. The van der Waals surface area contributed by atoms with E-state index in [0.29, 0.717) is 18.0 Å². The van der Waals surface area contributed by atoms with Crippen molar-refractivity contribution >= 4 is 68.4 Å². The number of nitrogens with zero attached hydrogens (tertiary/aromatic N) is 3. The fourth-order valence-corrected chi connectivity index (χ4v) is 4.20. The second kappa shape index (κ2) is 6.53. The highest BCUT2D eigenvalue weighted by molar-refractivity contribution is 14.1. The Hall–Kier alpha value is -0.160. The molecule has 0 spiro atoms. The molecule has 1 amide bonds. The summed E-state index contributed by atoms with van der Waals surface area (Å²) in [6.45, 7) is 2.23. The zero-order valence-corrected chi connectivity index (χ0v) is 15.0. The van der Waals surface area contributed by atoms with Crippen LogP contribution >= 0.6 is 56.8 Å². The summed E-state index contributed by atoms with van der Waals surface area (Å²) in [5.41, 5.74) is 6.75. The van der Waals surface area contributed by atoms with Crippen molar-refractivity contribution in [2.45, 2.75) is 0 Å². The van der Waals surface area contributed by atoms with Crippen LogP contribution in [0, 0.1) is 7.14 Å². The summed E-state index contributed by atoms with van der Waals surface area (Å²) in [6, 6.07) is 3.79. The van der Waals surface area contributed by atoms with Gasteiger partial charge in [0.15, 0.2) is 12.2 Å². The summed E-state index contributed by atoms with van der Waals surface area (Å²) in [7, 11) is 0. The average molecular weight is 506 g/mol. The van der Waals surface area contributed by atoms with Crippen molar-refractivity contribution in [3.8, 4) is 0 Å². The van der Waals surface area contributed by atoms with Crippen LogP contribution in [0.25, 0.3) is 0 Å². The van der Waals surface area contributed by atoms with Crippen molar-refractivity contribution in [1.29, 1.82) is 0 Å². The summed E-state index contributed by atoms with van der Waals surface area (Å²) in [5.74, 6) is 0.0986. The minimum absolute atomic E-state index is 0.433. The summed E-state index contributed by atoms with van der Waals surface area (Å²) in [6.07, 6.45) is 0. The molecule has 0 saturated heterocycles. The first-order valence-electron chi connectivity index (χ1n) is 5.62. The molecule has 0 aliphatic carbocycles. The topological polar surface area (TPSA) is 61.7 Å². The minimum atomic E-state index is -0.433. The van der Waals surface area contributed by atoms with E-state index >= 15 is 0 Å². The first-order valence-corrected chi connectivity index (χ1v) is 8.31. The van der Waals surface area contributed by atoms with E-state index in [-0.39, 0.29) is 0 Å². The van der Waals surface area contributed by atoms with Crippen molar-refractivity contribution in [2.75, 3.05) is 30.5 Å². The number of carbonyl (C=O) groups excluding carboxylic acids is 1. The third-order valence-electron chi connectivity index (χ3n) is 2.70. The fourth-order valence-electron chi connectivity index (χ4n) is 1.88. The number of halogens is 3. The van der Waals surface area contributed by atoms with Crippen LogP contribution in [0.3, 0.4) is 0 Å². The van der Waals surface area contributed by atoms with Gasteiger partial charge < -0.3 is 5.73 Å². The number of anilines is 1. The predicted molar refractivity (Wildman–Crippen MR) is 90.9 cm³/mol. The number of rotatable bonds is 4. The average Bonchev–Trinajstić information content (AvgIpc) is 2.76. The molecule has 2 N–H and O–H groups in total. The van der Waals surface area contributed by atoms with Crippen LogP contribution in [0.5, 0.6) is 0 Å².